The first-order valence-electron chi connectivity index (χ1n) is 10.7. The van der Waals surface area contributed by atoms with E-state index in [0.717, 1.165) is 10.1 Å². The van der Waals surface area contributed by atoms with Crippen molar-refractivity contribution in [3.8, 4) is 11.5 Å². The van der Waals surface area contributed by atoms with E-state index in [0.29, 0.717) is 23.7 Å². The van der Waals surface area contributed by atoms with Crippen LogP contribution < -0.4 is 26.1 Å². The molecule has 0 aliphatic heterocycles. The normalized spacial score (nSPS) is 11.2. The Kier molecular flexibility index (Phi) is 6.76. The van der Waals surface area contributed by atoms with Crippen molar-refractivity contribution in [1.82, 2.24) is 24.1 Å². The van der Waals surface area contributed by atoms with Gasteiger partial charge in [-0.05, 0) is 29.3 Å². The summed E-state index contributed by atoms with van der Waals surface area (Å²) in [5.41, 5.74) is 3.47. The van der Waals surface area contributed by atoms with Crippen LogP contribution >= 0.6 is 0 Å². The molecule has 4 rings (SSSR count). The van der Waals surface area contributed by atoms with Crippen molar-refractivity contribution in [2.45, 2.75) is 13.2 Å². The lowest BCUT2D eigenvalue weighted by Crippen LogP contribution is -2.38. The second kappa shape index (κ2) is 10.1. The summed E-state index contributed by atoms with van der Waals surface area (Å²) in [6, 6.07) is 15.0. The van der Waals surface area contributed by atoms with Crippen LogP contribution in [-0.2, 0) is 32.0 Å². The summed E-state index contributed by atoms with van der Waals surface area (Å²) < 4.78 is 14.9. The van der Waals surface area contributed by atoms with Crippen molar-refractivity contribution in [2.75, 3.05) is 7.11 Å². The number of hydrogen-bond acceptors (Lipinski definition) is 7. The highest BCUT2D eigenvalue weighted by atomic mass is 16.5. The number of imidazole rings is 1. The minimum atomic E-state index is -0.529. The van der Waals surface area contributed by atoms with Crippen LogP contribution in [-0.4, -0.2) is 37.9 Å². The zero-order chi connectivity index (χ0) is 24.9. The van der Waals surface area contributed by atoms with E-state index < -0.39 is 17.2 Å². The molecule has 180 valence electrons. The van der Waals surface area contributed by atoms with Gasteiger partial charge in [0.25, 0.3) is 11.5 Å². The van der Waals surface area contributed by atoms with Crippen molar-refractivity contribution in [2.24, 2.45) is 19.2 Å². The van der Waals surface area contributed by atoms with Crippen LogP contribution in [0, 0.1) is 0 Å². The molecule has 2 aromatic carbocycles. The van der Waals surface area contributed by atoms with Gasteiger partial charge in [-0.25, -0.2) is 15.2 Å². The van der Waals surface area contributed by atoms with Crippen molar-refractivity contribution in [3.63, 3.8) is 0 Å². The van der Waals surface area contributed by atoms with Crippen molar-refractivity contribution in [3.05, 3.63) is 86.8 Å². The smallest absolute Gasteiger partial charge is 0.332 e. The van der Waals surface area contributed by atoms with Crippen LogP contribution in [0.2, 0.25) is 0 Å². The number of benzene rings is 2. The molecule has 11 heteroatoms. The van der Waals surface area contributed by atoms with E-state index in [1.165, 1.54) is 35.8 Å². The van der Waals surface area contributed by atoms with Gasteiger partial charge in [0.05, 0.1) is 19.7 Å². The van der Waals surface area contributed by atoms with E-state index in [1.54, 1.807) is 25.3 Å². The Morgan fingerprint density at radius 1 is 1.09 bits per heavy atom. The molecule has 35 heavy (non-hydrogen) atoms. The van der Waals surface area contributed by atoms with E-state index in [4.69, 9.17) is 9.47 Å². The lowest BCUT2D eigenvalue weighted by atomic mass is 10.2. The molecule has 11 nitrogen and oxygen atoms in total. The van der Waals surface area contributed by atoms with Crippen LogP contribution in [0.4, 0.5) is 0 Å². The van der Waals surface area contributed by atoms with Gasteiger partial charge in [0, 0.05) is 14.1 Å². The molecule has 1 amide bonds. The molecule has 2 aromatic heterocycles. The standard InChI is InChI=1S/C24H24N6O5/c1-28-22-21(23(32)29(2)24(28)33)30(15-25-22)13-20(31)27-26-12-17-9-10-18(34-3)19(11-17)35-14-16-7-5-4-6-8-16/h4-12,15H,13-14H2,1-3H3,(H,27,31)/b26-12-. The number of fused-ring (bicyclic) bond motifs is 1. The van der Waals surface area contributed by atoms with Crippen molar-refractivity contribution < 1.29 is 14.3 Å². The molecule has 1 N–H and O–H groups in total. The molecule has 0 bridgehead atoms. The molecule has 0 aliphatic rings. The zero-order valence-electron chi connectivity index (χ0n) is 19.5. The van der Waals surface area contributed by atoms with Crippen molar-refractivity contribution in [1.29, 1.82) is 0 Å². The van der Waals surface area contributed by atoms with E-state index >= 15 is 0 Å². The Labute approximate surface area is 199 Å². The molecule has 0 unspecified atom stereocenters. The highest BCUT2D eigenvalue weighted by Gasteiger charge is 2.15. The number of carbonyl (C=O) groups is 1. The van der Waals surface area contributed by atoms with Gasteiger partial charge >= 0.3 is 5.69 Å². The summed E-state index contributed by atoms with van der Waals surface area (Å²) in [6.45, 7) is 0.174. The van der Waals surface area contributed by atoms with Crippen LogP contribution in [0.15, 0.2) is 69.5 Å². The minimum Gasteiger partial charge on any atom is -0.493 e. The molecule has 0 fully saturated rings. The molecular formula is C24H24N6O5. The van der Waals surface area contributed by atoms with Gasteiger partial charge in [-0.2, -0.15) is 5.10 Å². The lowest BCUT2D eigenvalue weighted by molar-refractivity contribution is -0.121. The molecule has 0 spiro atoms. The topological polar surface area (TPSA) is 122 Å². The first-order valence-corrected chi connectivity index (χ1v) is 10.7. The lowest BCUT2D eigenvalue weighted by Gasteiger charge is -2.11. The molecule has 2 heterocycles. The van der Waals surface area contributed by atoms with Gasteiger partial charge in [-0.3, -0.25) is 18.7 Å². The molecular weight excluding hydrogens is 452 g/mol. The van der Waals surface area contributed by atoms with E-state index in [-0.39, 0.29) is 17.7 Å². The van der Waals surface area contributed by atoms with E-state index in [9.17, 15) is 14.4 Å². The summed E-state index contributed by atoms with van der Waals surface area (Å²) >= 11 is 0. The number of amides is 1. The van der Waals surface area contributed by atoms with Gasteiger partial charge in [0.1, 0.15) is 13.2 Å². The van der Waals surface area contributed by atoms with E-state index in [2.05, 4.69) is 15.5 Å². The molecule has 0 aliphatic carbocycles. The summed E-state index contributed by atoms with van der Waals surface area (Å²) in [5, 5.41) is 4.00. The first kappa shape index (κ1) is 23.5. The van der Waals surface area contributed by atoms with Gasteiger partial charge < -0.3 is 14.0 Å². The predicted molar refractivity (Wildman–Crippen MR) is 130 cm³/mol. The van der Waals surface area contributed by atoms with Gasteiger partial charge in [0.15, 0.2) is 22.7 Å². The largest absolute Gasteiger partial charge is 0.493 e. The van der Waals surface area contributed by atoms with Crippen LogP contribution in [0.1, 0.15) is 11.1 Å². The fourth-order valence-corrected chi connectivity index (χ4v) is 3.51. The summed E-state index contributed by atoms with van der Waals surface area (Å²) in [7, 11) is 4.45. The maximum absolute atomic E-state index is 12.5. The maximum Gasteiger partial charge on any atom is 0.332 e. The molecule has 4 aromatic rings. The Morgan fingerprint density at radius 3 is 2.60 bits per heavy atom. The molecule has 0 saturated carbocycles. The number of hydrazone groups is 1. The average Bonchev–Trinajstić information content (AvgIpc) is 3.29. The zero-order valence-corrected chi connectivity index (χ0v) is 19.5. The predicted octanol–water partition coefficient (Wildman–Crippen LogP) is 1.17. The van der Waals surface area contributed by atoms with E-state index in [1.807, 2.05) is 30.3 Å². The highest BCUT2D eigenvalue weighted by molar-refractivity contribution is 5.84. The quantitative estimate of drug-likeness (QED) is 0.301. The number of methoxy groups -OCH3 is 1. The molecule has 0 radical (unpaired) electrons. The first-order chi connectivity index (χ1) is 16.9. The number of nitrogens with zero attached hydrogens (tertiary/aromatic N) is 5. The summed E-state index contributed by atoms with van der Waals surface area (Å²) in [5.74, 6) is 0.647. The Morgan fingerprint density at radius 2 is 1.86 bits per heavy atom. The number of aromatic nitrogens is 4. The highest BCUT2D eigenvalue weighted by Crippen LogP contribution is 2.28. The average molecular weight is 476 g/mol. The fraction of sp³-hybridized carbons (Fsp3) is 0.208. The fourth-order valence-electron chi connectivity index (χ4n) is 3.51. The summed E-state index contributed by atoms with van der Waals surface area (Å²) in [4.78, 5) is 41.1. The Hall–Kier alpha value is -4.67. The van der Waals surface area contributed by atoms with Crippen LogP contribution in [0.25, 0.3) is 11.2 Å². The van der Waals surface area contributed by atoms with Gasteiger partial charge in [-0.15, -0.1) is 0 Å². The Bertz CT molecular complexity index is 1520. The second-order valence-corrected chi connectivity index (χ2v) is 7.73. The number of nitrogens with one attached hydrogen (secondary N) is 1. The van der Waals surface area contributed by atoms with Gasteiger partial charge in [0.2, 0.25) is 0 Å². The number of carbonyl (C=O) groups excluding carboxylic acids is 1. The number of rotatable bonds is 8. The van der Waals surface area contributed by atoms with Gasteiger partial charge in [-0.1, -0.05) is 30.3 Å². The number of aryl methyl sites for hydroxylation is 1. The summed E-state index contributed by atoms with van der Waals surface area (Å²) in [6.07, 6.45) is 2.82. The monoisotopic (exact) mass is 476 g/mol. The molecule has 0 saturated heterocycles. The maximum atomic E-state index is 12.5. The second-order valence-electron chi connectivity index (χ2n) is 7.73. The Balaban J connectivity index is 1.44. The number of ether oxygens (including phenoxy) is 2. The third kappa shape index (κ3) is 4.98. The number of hydrogen-bond donors (Lipinski definition) is 1. The minimum absolute atomic E-state index is 0.157. The SMILES string of the molecule is COc1ccc(/C=N\NC(=O)Cn2cnc3c2c(=O)n(C)c(=O)n3C)cc1OCc1ccccc1. The van der Waals surface area contributed by atoms with Crippen molar-refractivity contribution >= 4 is 23.3 Å². The molecule has 0 atom stereocenters. The van der Waals surface area contributed by atoms with Crippen LogP contribution in [0.3, 0.4) is 0 Å². The third-order valence-corrected chi connectivity index (χ3v) is 5.36. The van der Waals surface area contributed by atoms with Crippen LogP contribution in [0.5, 0.6) is 11.5 Å². The third-order valence-electron chi connectivity index (χ3n) is 5.36.